The molecule has 4 nitrogen and oxygen atoms in total. The van der Waals surface area contributed by atoms with Crippen LogP contribution in [-0.2, 0) is 19.3 Å². The lowest BCUT2D eigenvalue weighted by atomic mass is 9.72. The molecule has 1 aromatic heterocycles. The van der Waals surface area contributed by atoms with E-state index in [-0.39, 0.29) is 17.2 Å². The second-order valence-corrected chi connectivity index (χ2v) is 13.3. The van der Waals surface area contributed by atoms with Gasteiger partial charge in [0.1, 0.15) is 5.00 Å². The van der Waals surface area contributed by atoms with Crippen LogP contribution in [0.3, 0.4) is 0 Å². The molecular formula is C33H40N2O2S. The minimum Gasteiger partial charge on any atom is -0.339 e. The number of piperidine rings is 1. The number of carbonyl (C=O) groups is 2. The number of nitrogens with zero attached hydrogens (tertiary/aromatic N) is 1. The average Bonchev–Trinajstić information content (AvgIpc) is 3.26. The first-order valence-electron chi connectivity index (χ1n) is 14.1. The number of carbonyl (C=O) groups excluding carboxylic acids is 2. The number of amides is 2. The lowest BCUT2D eigenvalue weighted by Gasteiger charge is -2.35. The number of anilines is 1. The third-order valence-corrected chi connectivity index (χ3v) is 9.76. The van der Waals surface area contributed by atoms with Crippen LogP contribution in [0.1, 0.15) is 82.3 Å². The lowest BCUT2D eigenvalue weighted by Crippen LogP contribution is -2.39. The van der Waals surface area contributed by atoms with E-state index in [4.69, 9.17) is 0 Å². The van der Waals surface area contributed by atoms with E-state index in [0.717, 1.165) is 67.7 Å². The highest BCUT2D eigenvalue weighted by molar-refractivity contribution is 7.17. The van der Waals surface area contributed by atoms with E-state index in [1.165, 1.54) is 16.0 Å². The van der Waals surface area contributed by atoms with Crippen LogP contribution in [0.2, 0.25) is 0 Å². The second kappa shape index (κ2) is 11.1. The van der Waals surface area contributed by atoms with Crippen molar-refractivity contribution in [3.63, 3.8) is 0 Å². The predicted molar refractivity (Wildman–Crippen MR) is 157 cm³/mol. The van der Waals surface area contributed by atoms with Gasteiger partial charge in [0, 0.05) is 23.5 Å². The molecule has 1 N–H and O–H groups in total. The minimum absolute atomic E-state index is 0.0925. The van der Waals surface area contributed by atoms with Crippen LogP contribution >= 0.6 is 11.3 Å². The van der Waals surface area contributed by atoms with Crippen molar-refractivity contribution >= 4 is 28.2 Å². The molecule has 1 aliphatic carbocycles. The van der Waals surface area contributed by atoms with E-state index in [0.29, 0.717) is 17.4 Å². The number of likely N-dealkylation sites (tertiary alicyclic amines) is 1. The van der Waals surface area contributed by atoms with Crippen LogP contribution in [0.4, 0.5) is 5.00 Å². The van der Waals surface area contributed by atoms with Gasteiger partial charge in [0.25, 0.3) is 11.8 Å². The van der Waals surface area contributed by atoms with Gasteiger partial charge in [0.2, 0.25) is 0 Å². The summed E-state index contributed by atoms with van der Waals surface area (Å²) in [6, 6.07) is 18.3. The number of rotatable bonds is 5. The van der Waals surface area contributed by atoms with Crippen LogP contribution in [0.25, 0.3) is 0 Å². The maximum absolute atomic E-state index is 14.1. The van der Waals surface area contributed by atoms with E-state index in [1.54, 1.807) is 11.3 Å². The molecular weight excluding hydrogens is 488 g/mol. The van der Waals surface area contributed by atoms with Gasteiger partial charge in [-0.25, -0.2) is 0 Å². The number of aryl methyl sites for hydroxylation is 1. The summed E-state index contributed by atoms with van der Waals surface area (Å²) in [5.41, 5.74) is 5.11. The van der Waals surface area contributed by atoms with Crippen LogP contribution in [0.5, 0.6) is 0 Å². The fraction of sp³-hybridized carbons (Fsp3) is 0.455. The summed E-state index contributed by atoms with van der Waals surface area (Å²) in [6.45, 7) is 10.4. The first kappa shape index (κ1) is 26.7. The Morgan fingerprint density at radius 3 is 2.34 bits per heavy atom. The molecule has 2 aliphatic rings. The van der Waals surface area contributed by atoms with Crippen molar-refractivity contribution in [2.45, 2.75) is 66.2 Å². The van der Waals surface area contributed by atoms with E-state index in [9.17, 15) is 9.59 Å². The molecule has 1 unspecified atom stereocenters. The van der Waals surface area contributed by atoms with Gasteiger partial charge in [-0.3, -0.25) is 9.59 Å². The van der Waals surface area contributed by atoms with Crippen LogP contribution in [-0.4, -0.2) is 29.8 Å². The molecule has 2 amide bonds. The van der Waals surface area contributed by atoms with Crippen molar-refractivity contribution in [2.24, 2.45) is 17.3 Å². The quantitative estimate of drug-likeness (QED) is 0.372. The van der Waals surface area contributed by atoms with E-state index < -0.39 is 0 Å². The predicted octanol–water partition coefficient (Wildman–Crippen LogP) is 7.55. The molecule has 0 saturated carbocycles. The van der Waals surface area contributed by atoms with Gasteiger partial charge in [-0.1, -0.05) is 69.3 Å². The normalized spacial score (nSPS) is 18.2. The smallest absolute Gasteiger partial charge is 0.257 e. The van der Waals surface area contributed by atoms with Gasteiger partial charge in [-0.2, -0.15) is 0 Å². The number of benzene rings is 2. The minimum atomic E-state index is -0.135. The molecule has 2 aromatic carbocycles. The topological polar surface area (TPSA) is 49.4 Å². The fourth-order valence-corrected chi connectivity index (χ4v) is 7.40. The average molecular weight is 529 g/mol. The first-order valence-corrected chi connectivity index (χ1v) is 14.9. The second-order valence-electron chi connectivity index (χ2n) is 12.2. The zero-order valence-electron chi connectivity index (χ0n) is 23.2. The van der Waals surface area contributed by atoms with Gasteiger partial charge in [0.05, 0.1) is 5.56 Å². The molecule has 200 valence electrons. The van der Waals surface area contributed by atoms with E-state index in [1.807, 2.05) is 36.1 Å². The first-order chi connectivity index (χ1) is 18.2. The number of fused-ring (bicyclic) bond motifs is 1. The third-order valence-electron chi connectivity index (χ3n) is 8.59. The van der Waals surface area contributed by atoms with E-state index in [2.05, 4.69) is 56.4 Å². The summed E-state index contributed by atoms with van der Waals surface area (Å²) in [7, 11) is 0. The Morgan fingerprint density at radius 1 is 0.974 bits per heavy atom. The lowest BCUT2D eigenvalue weighted by molar-refractivity contribution is 0.0690. The molecule has 3 aromatic rings. The molecule has 0 bridgehead atoms. The summed E-state index contributed by atoms with van der Waals surface area (Å²) in [5.74, 6) is 1.13. The largest absolute Gasteiger partial charge is 0.339 e. The highest BCUT2D eigenvalue weighted by Crippen LogP contribution is 2.45. The number of thiophene rings is 1. The molecule has 0 radical (unpaired) electrons. The van der Waals surface area contributed by atoms with Crippen molar-refractivity contribution in [1.29, 1.82) is 0 Å². The summed E-state index contributed by atoms with van der Waals surface area (Å²) >= 11 is 1.63. The fourth-order valence-electron chi connectivity index (χ4n) is 6.08. The Kier molecular flexibility index (Phi) is 7.76. The monoisotopic (exact) mass is 528 g/mol. The van der Waals surface area contributed by atoms with Gasteiger partial charge in [0.15, 0.2) is 0 Å². The van der Waals surface area contributed by atoms with Crippen molar-refractivity contribution in [1.82, 2.24) is 4.90 Å². The molecule has 1 fully saturated rings. The van der Waals surface area contributed by atoms with Gasteiger partial charge in [-0.15, -0.1) is 11.3 Å². The molecule has 5 heteroatoms. The Labute approximate surface area is 231 Å². The highest BCUT2D eigenvalue weighted by atomic mass is 32.1. The zero-order chi connectivity index (χ0) is 26.9. The SMILES string of the molecule is Cc1ccccc1C(=O)Nc1sc2c(c1C(=O)N1CCC(Cc3ccccc3)CC1)CCC(C(C)(C)C)C2. The summed E-state index contributed by atoms with van der Waals surface area (Å²) in [6.07, 6.45) is 6.07. The molecule has 5 rings (SSSR count). The summed E-state index contributed by atoms with van der Waals surface area (Å²) in [5, 5.41) is 3.90. The number of nitrogens with one attached hydrogen (secondary N) is 1. The maximum Gasteiger partial charge on any atom is 0.257 e. The van der Waals surface area contributed by atoms with Crippen LogP contribution in [0.15, 0.2) is 54.6 Å². The van der Waals surface area contributed by atoms with Gasteiger partial charge in [-0.05, 0) is 85.5 Å². The zero-order valence-corrected chi connectivity index (χ0v) is 24.0. The molecule has 2 heterocycles. The number of hydrogen-bond acceptors (Lipinski definition) is 3. The van der Waals surface area contributed by atoms with Gasteiger partial charge >= 0.3 is 0 Å². The maximum atomic E-state index is 14.1. The standard InChI is InChI=1S/C33H40N2O2S/c1-22-10-8-9-13-26(22)30(36)34-31-29(27-15-14-25(33(2,3)4)21-28(27)38-31)32(37)35-18-16-24(17-19-35)20-23-11-6-5-7-12-23/h5-13,24-25H,14-21H2,1-4H3,(H,34,36). The van der Waals surface area contributed by atoms with E-state index >= 15 is 0 Å². The number of hydrogen-bond donors (Lipinski definition) is 1. The Bertz CT molecular complexity index is 1300. The molecule has 0 spiro atoms. The third kappa shape index (κ3) is 5.73. The van der Waals surface area contributed by atoms with Gasteiger partial charge < -0.3 is 10.2 Å². The Balaban J connectivity index is 1.38. The molecule has 1 aliphatic heterocycles. The Morgan fingerprint density at radius 2 is 1.66 bits per heavy atom. The van der Waals surface area contributed by atoms with Crippen molar-refractivity contribution < 1.29 is 9.59 Å². The summed E-state index contributed by atoms with van der Waals surface area (Å²) < 4.78 is 0. The molecule has 1 saturated heterocycles. The highest BCUT2D eigenvalue weighted by Gasteiger charge is 2.36. The van der Waals surface area contributed by atoms with Crippen molar-refractivity contribution in [3.05, 3.63) is 87.3 Å². The summed E-state index contributed by atoms with van der Waals surface area (Å²) in [4.78, 5) is 30.7. The van der Waals surface area contributed by atoms with Crippen molar-refractivity contribution in [2.75, 3.05) is 18.4 Å². The van der Waals surface area contributed by atoms with Crippen molar-refractivity contribution in [3.8, 4) is 0 Å². The molecule has 38 heavy (non-hydrogen) atoms. The molecule has 1 atom stereocenters. The van der Waals surface area contributed by atoms with Crippen LogP contribution in [0, 0.1) is 24.2 Å². The van der Waals surface area contributed by atoms with Crippen LogP contribution < -0.4 is 5.32 Å². The Hall–Kier alpha value is -2.92.